The number of fused-ring (bicyclic) bond motifs is 5. The second-order valence-corrected chi connectivity index (χ2v) is 6.89. The Morgan fingerprint density at radius 1 is 1.17 bits per heavy atom. The van der Waals surface area contributed by atoms with Crippen molar-refractivity contribution in [2.24, 2.45) is 0 Å². The number of hydrogen-bond donors (Lipinski definition) is 2. The predicted octanol–water partition coefficient (Wildman–Crippen LogP) is 1.76. The van der Waals surface area contributed by atoms with Crippen molar-refractivity contribution in [1.29, 1.82) is 0 Å². The molecule has 2 saturated heterocycles. The van der Waals surface area contributed by atoms with Crippen molar-refractivity contribution in [3.8, 4) is 11.3 Å². The number of nitrogens with two attached hydrogens (primary N) is 1. The molecule has 1 aromatic heterocycles. The summed E-state index contributed by atoms with van der Waals surface area (Å²) in [7, 11) is 0. The Bertz CT molecular complexity index is 772. The van der Waals surface area contributed by atoms with Crippen molar-refractivity contribution >= 4 is 11.8 Å². The van der Waals surface area contributed by atoms with Crippen LogP contribution >= 0.6 is 0 Å². The molecule has 118 valence electrons. The molecule has 2 atom stereocenters. The molecule has 3 N–H and O–H groups in total. The Kier molecular flexibility index (Phi) is 2.85. The summed E-state index contributed by atoms with van der Waals surface area (Å²) in [4.78, 5) is 11.8. The molecule has 2 fully saturated rings. The first-order valence-electron chi connectivity index (χ1n) is 8.54. The van der Waals surface area contributed by atoms with Gasteiger partial charge in [0.05, 0.1) is 5.69 Å². The van der Waals surface area contributed by atoms with Gasteiger partial charge in [-0.15, -0.1) is 0 Å². The third-order valence-corrected chi connectivity index (χ3v) is 5.48. The highest BCUT2D eigenvalue weighted by atomic mass is 15.3. The number of nitrogens with one attached hydrogen (secondary N) is 1. The molecule has 5 heteroatoms. The number of nitrogens with zero attached hydrogens (tertiary/aromatic N) is 3. The summed E-state index contributed by atoms with van der Waals surface area (Å²) in [5.41, 5.74) is 11.0. The van der Waals surface area contributed by atoms with Crippen LogP contribution in [0.5, 0.6) is 0 Å². The lowest BCUT2D eigenvalue weighted by molar-refractivity contribution is 0.574. The summed E-state index contributed by atoms with van der Waals surface area (Å²) < 4.78 is 0. The number of nitrogen functional groups attached to an aromatic ring is 1. The number of aryl methyl sites for hydroxylation is 1. The van der Waals surface area contributed by atoms with E-state index in [4.69, 9.17) is 5.73 Å². The van der Waals surface area contributed by atoms with Gasteiger partial charge in [-0.05, 0) is 31.2 Å². The number of hydrogen-bond acceptors (Lipinski definition) is 5. The van der Waals surface area contributed by atoms with Crippen LogP contribution in [-0.4, -0.2) is 35.1 Å². The van der Waals surface area contributed by atoms with E-state index < -0.39 is 0 Å². The lowest BCUT2D eigenvalue weighted by Crippen LogP contribution is -2.44. The lowest BCUT2D eigenvalue weighted by Gasteiger charge is -2.30. The molecule has 2 aliphatic heterocycles. The average molecular weight is 307 g/mol. The Morgan fingerprint density at radius 3 is 2.91 bits per heavy atom. The SMILES string of the molecule is Nc1nc2c(c(N3C[C@@H]4C[C@H]3CN4)n1)CCCc1ccccc1-2. The van der Waals surface area contributed by atoms with Crippen LogP contribution in [0.1, 0.15) is 24.0 Å². The van der Waals surface area contributed by atoms with Gasteiger partial charge >= 0.3 is 0 Å². The van der Waals surface area contributed by atoms with Gasteiger partial charge in [-0.3, -0.25) is 0 Å². The van der Waals surface area contributed by atoms with Crippen molar-refractivity contribution in [1.82, 2.24) is 15.3 Å². The number of piperazine rings is 1. The van der Waals surface area contributed by atoms with E-state index in [1.807, 2.05) is 0 Å². The smallest absolute Gasteiger partial charge is 0.222 e. The maximum absolute atomic E-state index is 6.09. The third-order valence-electron chi connectivity index (χ3n) is 5.48. The van der Waals surface area contributed by atoms with Crippen LogP contribution in [0.25, 0.3) is 11.3 Å². The first-order valence-corrected chi connectivity index (χ1v) is 8.54. The quantitative estimate of drug-likeness (QED) is 0.840. The van der Waals surface area contributed by atoms with Crippen molar-refractivity contribution in [3.05, 3.63) is 35.4 Å². The van der Waals surface area contributed by atoms with E-state index in [9.17, 15) is 0 Å². The number of benzene rings is 1. The first-order chi connectivity index (χ1) is 11.3. The topological polar surface area (TPSA) is 67.1 Å². The molecule has 5 nitrogen and oxygen atoms in total. The maximum Gasteiger partial charge on any atom is 0.222 e. The zero-order valence-electron chi connectivity index (χ0n) is 13.1. The van der Waals surface area contributed by atoms with Gasteiger partial charge in [0.2, 0.25) is 5.95 Å². The van der Waals surface area contributed by atoms with Crippen LogP contribution < -0.4 is 16.0 Å². The molecule has 3 heterocycles. The minimum absolute atomic E-state index is 0.395. The van der Waals surface area contributed by atoms with Gasteiger partial charge in [-0.25, -0.2) is 4.98 Å². The summed E-state index contributed by atoms with van der Waals surface area (Å²) in [6.45, 7) is 2.09. The zero-order valence-corrected chi connectivity index (χ0v) is 13.1. The predicted molar refractivity (Wildman–Crippen MR) is 91.4 cm³/mol. The molecule has 0 unspecified atom stereocenters. The van der Waals surface area contributed by atoms with Gasteiger partial charge in [0.1, 0.15) is 5.82 Å². The van der Waals surface area contributed by atoms with Crippen molar-refractivity contribution in [3.63, 3.8) is 0 Å². The van der Waals surface area contributed by atoms with E-state index in [0.717, 1.165) is 43.9 Å². The lowest BCUT2D eigenvalue weighted by atomic mass is 10.0. The monoisotopic (exact) mass is 307 g/mol. The fourth-order valence-corrected chi connectivity index (χ4v) is 4.42. The maximum atomic E-state index is 6.09. The Labute approximate surface area is 135 Å². The molecular weight excluding hydrogens is 286 g/mol. The summed E-state index contributed by atoms with van der Waals surface area (Å²) in [6.07, 6.45) is 4.49. The van der Waals surface area contributed by atoms with Gasteiger partial charge in [0, 0.05) is 36.3 Å². The van der Waals surface area contributed by atoms with Gasteiger partial charge in [0.15, 0.2) is 0 Å². The summed E-state index contributed by atoms with van der Waals surface area (Å²) in [5, 5.41) is 3.56. The van der Waals surface area contributed by atoms with Crippen LogP contribution in [0.4, 0.5) is 11.8 Å². The average Bonchev–Trinajstić information content (AvgIpc) is 3.14. The van der Waals surface area contributed by atoms with Crippen molar-refractivity contribution in [2.45, 2.75) is 37.8 Å². The highest BCUT2D eigenvalue weighted by Gasteiger charge is 2.39. The van der Waals surface area contributed by atoms with Crippen molar-refractivity contribution < 1.29 is 0 Å². The summed E-state index contributed by atoms with van der Waals surface area (Å²) in [6, 6.07) is 9.74. The molecule has 0 spiro atoms. The Hall–Kier alpha value is -2.14. The molecule has 0 radical (unpaired) electrons. The van der Waals surface area contributed by atoms with E-state index in [1.54, 1.807) is 0 Å². The minimum atomic E-state index is 0.395. The minimum Gasteiger partial charge on any atom is -0.368 e. The zero-order chi connectivity index (χ0) is 15.4. The van der Waals surface area contributed by atoms with Gasteiger partial charge in [-0.2, -0.15) is 4.98 Å². The van der Waals surface area contributed by atoms with E-state index in [-0.39, 0.29) is 0 Å². The Balaban J connectivity index is 1.69. The van der Waals surface area contributed by atoms with Crippen LogP contribution in [0, 0.1) is 0 Å². The molecule has 3 aliphatic rings. The molecule has 1 aromatic carbocycles. The molecule has 0 saturated carbocycles. The Morgan fingerprint density at radius 2 is 2.09 bits per heavy atom. The molecular formula is C18H21N5. The number of rotatable bonds is 1. The van der Waals surface area contributed by atoms with Crippen LogP contribution in [0.2, 0.25) is 0 Å². The second kappa shape index (κ2) is 4.93. The molecule has 2 aromatic rings. The van der Waals surface area contributed by atoms with E-state index in [1.165, 1.54) is 23.1 Å². The molecule has 1 aliphatic carbocycles. The van der Waals surface area contributed by atoms with Crippen LogP contribution in [-0.2, 0) is 12.8 Å². The highest BCUT2D eigenvalue weighted by molar-refractivity contribution is 5.74. The van der Waals surface area contributed by atoms with Crippen LogP contribution in [0.3, 0.4) is 0 Å². The van der Waals surface area contributed by atoms with Gasteiger partial charge in [-0.1, -0.05) is 24.3 Å². The van der Waals surface area contributed by atoms with Crippen LogP contribution in [0.15, 0.2) is 24.3 Å². The second-order valence-electron chi connectivity index (χ2n) is 6.89. The molecule has 23 heavy (non-hydrogen) atoms. The fourth-order valence-electron chi connectivity index (χ4n) is 4.42. The molecule has 2 bridgehead atoms. The van der Waals surface area contributed by atoms with E-state index >= 15 is 0 Å². The molecule has 0 amide bonds. The molecule has 5 rings (SSSR count). The van der Waals surface area contributed by atoms with E-state index in [2.05, 4.69) is 44.5 Å². The number of anilines is 2. The van der Waals surface area contributed by atoms with Crippen molar-refractivity contribution in [2.75, 3.05) is 23.7 Å². The third kappa shape index (κ3) is 2.03. The van der Waals surface area contributed by atoms with Gasteiger partial charge < -0.3 is 16.0 Å². The van der Waals surface area contributed by atoms with Gasteiger partial charge in [0.25, 0.3) is 0 Å². The summed E-state index contributed by atoms with van der Waals surface area (Å²) in [5.74, 6) is 1.48. The fraction of sp³-hybridized carbons (Fsp3) is 0.444. The number of aromatic nitrogens is 2. The normalized spacial score (nSPS) is 25.1. The highest BCUT2D eigenvalue weighted by Crippen LogP contribution is 2.38. The van der Waals surface area contributed by atoms with E-state index in [0.29, 0.717) is 18.0 Å². The summed E-state index contributed by atoms with van der Waals surface area (Å²) >= 11 is 0. The largest absolute Gasteiger partial charge is 0.368 e. The first kappa shape index (κ1) is 13.3. The standard InChI is InChI=1S/C18H21N5/c19-18-21-16-14-6-2-1-4-11(14)5-3-7-15(16)17(22-18)23-10-12-8-13(23)9-20-12/h1-2,4,6,12-13,20H,3,5,7-10H2,(H2,19,21,22)/t12-,13-/m0/s1.